The van der Waals surface area contributed by atoms with Crippen molar-refractivity contribution < 1.29 is 9.90 Å². The lowest BCUT2D eigenvalue weighted by Crippen LogP contribution is -2.49. The maximum atomic E-state index is 11.3. The van der Waals surface area contributed by atoms with Crippen molar-refractivity contribution >= 4 is 11.8 Å². The van der Waals surface area contributed by atoms with E-state index in [1.807, 2.05) is 6.92 Å². The molecule has 0 atom stereocenters. The molecule has 0 bridgehead atoms. The second kappa shape index (κ2) is 5.57. The van der Waals surface area contributed by atoms with E-state index in [4.69, 9.17) is 0 Å². The molecule has 1 aromatic heterocycles. The van der Waals surface area contributed by atoms with Crippen LogP contribution in [0.25, 0.3) is 0 Å². The fourth-order valence-electron chi connectivity index (χ4n) is 2.40. The zero-order valence-corrected chi connectivity index (χ0v) is 11.8. The molecule has 0 amide bonds. The molecule has 0 radical (unpaired) electrons. The Morgan fingerprint density at radius 3 is 2.42 bits per heavy atom. The first-order valence-corrected chi connectivity index (χ1v) is 6.69. The second-order valence-corrected chi connectivity index (χ2v) is 5.25. The predicted molar refractivity (Wildman–Crippen MR) is 74.9 cm³/mol. The van der Waals surface area contributed by atoms with E-state index in [9.17, 15) is 9.90 Å². The Bertz CT molecular complexity index is 466. The van der Waals surface area contributed by atoms with Crippen molar-refractivity contribution in [1.29, 1.82) is 0 Å². The minimum Gasteiger partial charge on any atom is -0.478 e. The van der Waals surface area contributed by atoms with Crippen LogP contribution in [0.1, 0.15) is 29.9 Å². The Hall–Kier alpha value is -1.62. The highest BCUT2D eigenvalue weighted by atomic mass is 16.4. The summed E-state index contributed by atoms with van der Waals surface area (Å²) in [7, 11) is 0. The van der Waals surface area contributed by atoms with Crippen LogP contribution in [0.5, 0.6) is 0 Å². The Morgan fingerprint density at radius 2 is 1.89 bits per heavy atom. The maximum Gasteiger partial charge on any atom is 0.339 e. The molecule has 0 aromatic carbocycles. The lowest BCUT2D eigenvalue weighted by molar-refractivity contribution is 0.0697. The van der Waals surface area contributed by atoms with Gasteiger partial charge in [0, 0.05) is 37.9 Å². The number of aryl methyl sites for hydroxylation is 1. The van der Waals surface area contributed by atoms with Gasteiger partial charge in [0.2, 0.25) is 0 Å². The molecule has 104 valence electrons. The molecular formula is C14H21N3O2. The maximum absolute atomic E-state index is 11.3. The molecule has 1 fully saturated rings. The molecule has 1 saturated heterocycles. The van der Waals surface area contributed by atoms with E-state index in [1.54, 1.807) is 12.1 Å². The molecule has 0 aliphatic carbocycles. The molecular weight excluding hydrogens is 242 g/mol. The Morgan fingerprint density at radius 1 is 1.26 bits per heavy atom. The summed E-state index contributed by atoms with van der Waals surface area (Å²) in [5, 5.41) is 9.25. The number of aromatic nitrogens is 1. The third kappa shape index (κ3) is 3.04. The average Bonchev–Trinajstić information content (AvgIpc) is 2.38. The highest BCUT2D eigenvalue weighted by Gasteiger charge is 2.23. The number of nitrogens with zero attached hydrogens (tertiary/aromatic N) is 3. The van der Waals surface area contributed by atoms with Crippen molar-refractivity contribution in [3.63, 3.8) is 0 Å². The first-order valence-electron chi connectivity index (χ1n) is 6.69. The van der Waals surface area contributed by atoms with Gasteiger partial charge in [0.1, 0.15) is 11.4 Å². The van der Waals surface area contributed by atoms with Crippen molar-refractivity contribution in [3.05, 3.63) is 23.4 Å². The highest BCUT2D eigenvalue weighted by molar-refractivity contribution is 5.93. The minimum absolute atomic E-state index is 0.295. The fraction of sp³-hybridized carbons (Fsp3) is 0.571. The lowest BCUT2D eigenvalue weighted by Gasteiger charge is -2.38. The van der Waals surface area contributed by atoms with Crippen molar-refractivity contribution in [2.45, 2.75) is 26.8 Å². The van der Waals surface area contributed by atoms with E-state index in [2.05, 4.69) is 28.6 Å². The summed E-state index contributed by atoms with van der Waals surface area (Å²) in [4.78, 5) is 20.2. The quantitative estimate of drug-likeness (QED) is 0.898. The van der Waals surface area contributed by atoms with E-state index < -0.39 is 5.97 Å². The molecule has 19 heavy (non-hydrogen) atoms. The number of rotatable bonds is 3. The van der Waals surface area contributed by atoms with Crippen molar-refractivity contribution in [3.8, 4) is 0 Å². The number of hydrogen-bond acceptors (Lipinski definition) is 4. The van der Waals surface area contributed by atoms with Crippen LogP contribution in [0.3, 0.4) is 0 Å². The smallest absolute Gasteiger partial charge is 0.339 e. The summed E-state index contributed by atoms with van der Waals surface area (Å²) in [6.45, 7) is 9.81. The number of carboxylic acid groups (broad SMARTS) is 1. The van der Waals surface area contributed by atoms with E-state index >= 15 is 0 Å². The fourth-order valence-corrected chi connectivity index (χ4v) is 2.40. The zero-order chi connectivity index (χ0) is 14.0. The first-order chi connectivity index (χ1) is 8.99. The summed E-state index contributed by atoms with van der Waals surface area (Å²) in [5.74, 6) is -0.301. The molecule has 2 heterocycles. The van der Waals surface area contributed by atoms with Crippen LogP contribution in [0.15, 0.2) is 12.1 Å². The third-order valence-electron chi connectivity index (χ3n) is 3.59. The molecule has 1 N–H and O–H groups in total. The summed E-state index contributed by atoms with van der Waals surface area (Å²) in [5.41, 5.74) is 1.15. The Labute approximate surface area is 113 Å². The van der Waals surface area contributed by atoms with Crippen LogP contribution in [-0.2, 0) is 0 Å². The van der Waals surface area contributed by atoms with Crippen LogP contribution in [-0.4, -0.2) is 53.2 Å². The number of pyridine rings is 1. The molecule has 0 saturated carbocycles. The Kier molecular flexibility index (Phi) is 4.04. The van der Waals surface area contributed by atoms with Gasteiger partial charge in [-0.1, -0.05) is 0 Å². The third-order valence-corrected chi connectivity index (χ3v) is 3.59. The van der Waals surface area contributed by atoms with Gasteiger partial charge in [-0.25, -0.2) is 9.78 Å². The normalized spacial score (nSPS) is 16.9. The topological polar surface area (TPSA) is 56.7 Å². The predicted octanol–water partition coefficient (Wildman–Crippen LogP) is 1.62. The van der Waals surface area contributed by atoms with Gasteiger partial charge in [0.25, 0.3) is 0 Å². The summed E-state index contributed by atoms with van der Waals surface area (Å²) < 4.78 is 0. The number of aromatic carboxylic acids is 1. The minimum atomic E-state index is -0.909. The second-order valence-electron chi connectivity index (χ2n) is 5.25. The number of carbonyl (C=O) groups is 1. The molecule has 1 aliphatic rings. The van der Waals surface area contributed by atoms with Gasteiger partial charge >= 0.3 is 5.97 Å². The highest BCUT2D eigenvalue weighted by Crippen LogP contribution is 2.20. The van der Waals surface area contributed by atoms with Crippen LogP contribution >= 0.6 is 0 Å². The number of carboxylic acids is 1. The largest absolute Gasteiger partial charge is 0.478 e. The van der Waals surface area contributed by atoms with Gasteiger partial charge in [-0.3, -0.25) is 4.90 Å². The molecule has 5 nitrogen and oxygen atoms in total. The van der Waals surface area contributed by atoms with E-state index in [0.717, 1.165) is 31.9 Å². The average molecular weight is 263 g/mol. The van der Waals surface area contributed by atoms with Crippen molar-refractivity contribution in [2.24, 2.45) is 0 Å². The van der Waals surface area contributed by atoms with Gasteiger partial charge in [-0.15, -0.1) is 0 Å². The molecule has 1 aromatic rings. The van der Waals surface area contributed by atoms with Gasteiger partial charge in [-0.05, 0) is 32.9 Å². The molecule has 0 unspecified atom stereocenters. The molecule has 1 aliphatic heterocycles. The summed E-state index contributed by atoms with van der Waals surface area (Å²) in [6, 6.07) is 3.93. The van der Waals surface area contributed by atoms with Gasteiger partial charge in [0.05, 0.1) is 0 Å². The standard InChI is InChI=1S/C14H21N3O2/c1-10(2)16-6-8-17(9-7-16)13-12(14(18)19)5-4-11(3)15-13/h4-5,10H,6-9H2,1-3H3,(H,18,19). The number of hydrogen-bond donors (Lipinski definition) is 1. The van der Waals surface area contributed by atoms with Crippen molar-refractivity contribution in [1.82, 2.24) is 9.88 Å². The number of anilines is 1. The van der Waals surface area contributed by atoms with Gasteiger partial charge in [-0.2, -0.15) is 0 Å². The molecule has 0 spiro atoms. The monoisotopic (exact) mass is 263 g/mol. The lowest BCUT2D eigenvalue weighted by atomic mass is 10.2. The van der Waals surface area contributed by atoms with Gasteiger partial charge in [0.15, 0.2) is 0 Å². The SMILES string of the molecule is Cc1ccc(C(=O)O)c(N2CCN(C(C)C)CC2)n1. The van der Waals surface area contributed by atoms with Crippen LogP contribution < -0.4 is 4.90 Å². The van der Waals surface area contributed by atoms with Crippen LogP contribution in [0.4, 0.5) is 5.82 Å². The molecule has 2 rings (SSSR count). The first kappa shape index (κ1) is 13.8. The summed E-state index contributed by atoms with van der Waals surface area (Å²) >= 11 is 0. The van der Waals surface area contributed by atoms with Crippen LogP contribution in [0, 0.1) is 6.92 Å². The van der Waals surface area contributed by atoms with E-state index in [0.29, 0.717) is 17.4 Å². The van der Waals surface area contributed by atoms with E-state index in [-0.39, 0.29) is 0 Å². The van der Waals surface area contributed by atoms with E-state index in [1.165, 1.54) is 0 Å². The van der Waals surface area contributed by atoms with Gasteiger partial charge < -0.3 is 10.0 Å². The summed E-state index contributed by atoms with van der Waals surface area (Å²) in [6.07, 6.45) is 0. The Balaban J connectivity index is 2.19. The number of piperazine rings is 1. The zero-order valence-electron chi connectivity index (χ0n) is 11.8. The van der Waals surface area contributed by atoms with Crippen LogP contribution in [0.2, 0.25) is 0 Å². The van der Waals surface area contributed by atoms with Crippen molar-refractivity contribution in [2.75, 3.05) is 31.1 Å². The molecule has 5 heteroatoms.